The summed E-state index contributed by atoms with van der Waals surface area (Å²) in [7, 11) is 0. The van der Waals surface area contributed by atoms with Crippen molar-refractivity contribution in [1.82, 2.24) is 0 Å². The molecule has 0 saturated carbocycles. The van der Waals surface area contributed by atoms with Gasteiger partial charge in [-0.1, -0.05) is 34.1 Å². The maximum absolute atomic E-state index is 5.82. The van der Waals surface area contributed by atoms with E-state index in [4.69, 9.17) is 4.74 Å². The Morgan fingerprint density at radius 3 is 2.69 bits per heavy atom. The minimum absolute atomic E-state index is 0.340. The first-order valence-corrected chi connectivity index (χ1v) is 6.93. The van der Waals surface area contributed by atoms with Crippen LogP contribution in [0.1, 0.15) is 40.8 Å². The van der Waals surface area contributed by atoms with Crippen LogP contribution in [0.3, 0.4) is 0 Å². The van der Waals surface area contributed by atoms with Crippen LogP contribution >= 0.6 is 15.9 Å². The van der Waals surface area contributed by atoms with E-state index in [2.05, 4.69) is 48.0 Å². The third-order valence-electron chi connectivity index (χ3n) is 3.39. The van der Waals surface area contributed by atoms with Gasteiger partial charge in [0.05, 0.1) is 10.9 Å². The van der Waals surface area contributed by atoms with Crippen molar-refractivity contribution in [1.29, 1.82) is 0 Å². The van der Waals surface area contributed by atoms with E-state index in [0.29, 0.717) is 10.9 Å². The fourth-order valence-electron chi connectivity index (χ4n) is 2.15. The van der Waals surface area contributed by atoms with Crippen molar-refractivity contribution in [2.45, 2.75) is 44.0 Å². The van der Waals surface area contributed by atoms with Crippen LogP contribution < -0.4 is 0 Å². The van der Waals surface area contributed by atoms with Gasteiger partial charge in [-0.2, -0.15) is 0 Å². The summed E-state index contributed by atoms with van der Waals surface area (Å²) in [6.45, 7) is 5.23. The van der Waals surface area contributed by atoms with Crippen LogP contribution in [0.4, 0.5) is 0 Å². The third-order valence-corrected chi connectivity index (χ3v) is 4.51. The van der Waals surface area contributed by atoms with E-state index in [-0.39, 0.29) is 0 Å². The van der Waals surface area contributed by atoms with Gasteiger partial charge in [0.1, 0.15) is 0 Å². The molecule has 0 N–H and O–H groups in total. The fourth-order valence-corrected chi connectivity index (χ4v) is 2.85. The molecule has 2 unspecified atom stereocenters. The number of rotatable bonds is 2. The Kier molecular flexibility index (Phi) is 4.04. The van der Waals surface area contributed by atoms with Crippen LogP contribution in [-0.4, -0.2) is 12.7 Å². The molecule has 1 aromatic carbocycles. The third kappa shape index (κ3) is 2.67. The number of halogens is 1. The van der Waals surface area contributed by atoms with Crippen molar-refractivity contribution >= 4 is 15.9 Å². The standard InChI is InChI=1S/C14H19BrO/c1-10-6-7-12(9-11(10)2)14(15)13-5-3-4-8-16-13/h6-7,9,13-14H,3-5,8H2,1-2H3. The molecule has 0 amide bonds. The molecule has 88 valence electrons. The van der Waals surface area contributed by atoms with Gasteiger partial charge in [-0.25, -0.2) is 0 Å². The molecule has 1 fully saturated rings. The largest absolute Gasteiger partial charge is 0.377 e. The molecule has 1 aliphatic heterocycles. The molecular weight excluding hydrogens is 264 g/mol. The van der Waals surface area contributed by atoms with E-state index in [1.807, 2.05) is 0 Å². The van der Waals surface area contributed by atoms with Gasteiger partial charge in [0.2, 0.25) is 0 Å². The summed E-state index contributed by atoms with van der Waals surface area (Å²) < 4.78 is 5.82. The van der Waals surface area contributed by atoms with Gasteiger partial charge in [0, 0.05) is 6.61 Å². The lowest BCUT2D eigenvalue weighted by Crippen LogP contribution is -2.23. The van der Waals surface area contributed by atoms with Crippen molar-refractivity contribution in [3.63, 3.8) is 0 Å². The lowest BCUT2D eigenvalue weighted by Gasteiger charge is -2.27. The predicted octanol–water partition coefficient (Wildman–Crippen LogP) is 4.31. The molecular formula is C14H19BrO. The zero-order valence-electron chi connectivity index (χ0n) is 10.0. The molecule has 1 aliphatic rings. The summed E-state index contributed by atoms with van der Waals surface area (Å²) in [5.41, 5.74) is 4.06. The highest BCUT2D eigenvalue weighted by Crippen LogP contribution is 2.34. The van der Waals surface area contributed by atoms with Crippen molar-refractivity contribution in [2.24, 2.45) is 0 Å². The lowest BCUT2D eigenvalue weighted by atomic mass is 9.98. The van der Waals surface area contributed by atoms with Crippen LogP contribution in [-0.2, 0) is 4.74 Å². The molecule has 0 spiro atoms. The summed E-state index contributed by atoms with van der Waals surface area (Å²) in [5.74, 6) is 0. The number of benzene rings is 1. The summed E-state index contributed by atoms with van der Waals surface area (Å²) in [5, 5.41) is 0. The Labute approximate surface area is 106 Å². The first kappa shape index (κ1) is 12.1. The zero-order valence-corrected chi connectivity index (χ0v) is 11.6. The second-order valence-corrected chi connectivity index (χ2v) is 5.64. The molecule has 0 aliphatic carbocycles. The fraction of sp³-hybridized carbons (Fsp3) is 0.571. The minimum atomic E-state index is 0.340. The maximum Gasteiger partial charge on any atom is 0.0740 e. The van der Waals surface area contributed by atoms with Crippen LogP contribution in [0.5, 0.6) is 0 Å². The number of hydrogen-bond acceptors (Lipinski definition) is 1. The molecule has 1 heterocycles. The van der Waals surface area contributed by atoms with Crippen molar-refractivity contribution in [3.8, 4) is 0 Å². The summed E-state index contributed by atoms with van der Waals surface area (Å²) in [6.07, 6.45) is 4.01. The van der Waals surface area contributed by atoms with E-state index in [9.17, 15) is 0 Å². The Morgan fingerprint density at radius 1 is 1.25 bits per heavy atom. The topological polar surface area (TPSA) is 9.23 Å². The molecule has 2 rings (SSSR count). The second-order valence-electron chi connectivity index (χ2n) is 4.65. The van der Waals surface area contributed by atoms with Crippen molar-refractivity contribution < 1.29 is 4.74 Å². The predicted molar refractivity (Wildman–Crippen MR) is 71.2 cm³/mol. The van der Waals surface area contributed by atoms with Gasteiger partial charge in [0.15, 0.2) is 0 Å². The summed E-state index contributed by atoms with van der Waals surface area (Å²) >= 11 is 3.78. The molecule has 0 bridgehead atoms. The van der Waals surface area contributed by atoms with Crippen LogP contribution in [0.15, 0.2) is 18.2 Å². The molecule has 0 radical (unpaired) electrons. The number of aryl methyl sites for hydroxylation is 2. The molecule has 1 aromatic rings. The van der Waals surface area contributed by atoms with E-state index in [0.717, 1.165) is 6.61 Å². The van der Waals surface area contributed by atoms with E-state index in [1.54, 1.807) is 0 Å². The highest BCUT2D eigenvalue weighted by Gasteiger charge is 2.23. The first-order valence-electron chi connectivity index (χ1n) is 6.01. The van der Waals surface area contributed by atoms with E-state index >= 15 is 0 Å². The van der Waals surface area contributed by atoms with Gasteiger partial charge in [-0.05, 0) is 49.8 Å². The van der Waals surface area contributed by atoms with Gasteiger partial charge >= 0.3 is 0 Å². The second kappa shape index (κ2) is 5.33. The highest BCUT2D eigenvalue weighted by atomic mass is 79.9. The molecule has 1 nitrogen and oxygen atoms in total. The molecule has 0 aromatic heterocycles. The van der Waals surface area contributed by atoms with Crippen molar-refractivity contribution in [2.75, 3.05) is 6.61 Å². The number of alkyl halides is 1. The summed E-state index contributed by atoms with van der Waals surface area (Å²) in [6, 6.07) is 6.67. The smallest absolute Gasteiger partial charge is 0.0740 e. The van der Waals surface area contributed by atoms with E-state index < -0.39 is 0 Å². The van der Waals surface area contributed by atoms with Crippen LogP contribution in [0.2, 0.25) is 0 Å². The highest BCUT2D eigenvalue weighted by molar-refractivity contribution is 9.09. The lowest BCUT2D eigenvalue weighted by molar-refractivity contribution is 0.0160. The van der Waals surface area contributed by atoms with Gasteiger partial charge in [-0.15, -0.1) is 0 Å². The average molecular weight is 283 g/mol. The molecule has 1 saturated heterocycles. The molecule has 16 heavy (non-hydrogen) atoms. The Hall–Kier alpha value is -0.340. The van der Waals surface area contributed by atoms with Crippen LogP contribution in [0, 0.1) is 13.8 Å². The number of ether oxygens (including phenoxy) is 1. The van der Waals surface area contributed by atoms with Crippen LogP contribution in [0.25, 0.3) is 0 Å². The quantitative estimate of drug-likeness (QED) is 0.735. The monoisotopic (exact) mass is 282 g/mol. The maximum atomic E-state index is 5.82. The zero-order chi connectivity index (χ0) is 11.5. The average Bonchev–Trinajstić information content (AvgIpc) is 2.33. The summed E-state index contributed by atoms with van der Waals surface area (Å²) in [4.78, 5) is 0.340. The molecule has 2 atom stereocenters. The normalized spacial score (nSPS) is 23.1. The Balaban J connectivity index is 2.12. The Bertz CT molecular complexity index is 356. The molecule has 2 heteroatoms. The Morgan fingerprint density at radius 2 is 2.06 bits per heavy atom. The number of hydrogen-bond donors (Lipinski definition) is 0. The van der Waals surface area contributed by atoms with Gasteiger partial charge in [0.25, 0.3) is 0 Å². The van der Waals surface area contributed by atoms with Crippen molar-refractivity contribution in [3.05, 3.63) is 34.9 Å². The van der Waals surface area contributed by atoms with E-state index in [1.165, 1.54) is 36.0 Å². The van der Waals surface area contributed by atoms with Gasteiger partial charge in [-0.3, -0.25) is 0 Å². The first-order chi connectivity index (χ1) is 7.68. The van der Waals surface area contributed by atoms with Gasteiger partial charge < -0.3 is 4.74 Å². The SMILES string of the molecule is Cc1ccc(C(Br)C2CCCCO2)cc1C. The minimum Gasteiger partial charge on any atom is -0.377 e.